The molecule has 1 amide bonds. The predicted molar refractivity (Wildman–Crippen MR) is 133 cm³/mol. The monoisotopic (exact) mass is 457 g/mol. The molecule has 1 aliphatic heterocycles. The molecule has 156 valence electrons. The van der Waals surface area contributed by atoms with E-state index in [-0.39, 0.29) is 21.8 Å². The van der Waals surface area contributed by atoms with Crippen molar-refractivity contribution in [3.05, 3.63) is 59.2 Å². The van der Waals surface area contributed by atoms with Gasteiger partial charge in [-0.2, -0.15) is 10.1 Å². The van der Waals surface area contributed by atoms with E-state index in [0.29, 0.717) is 18.9 Å². The van der Waals surface area contributed by atoms with Crippen LogP contribution in [-0.4, -0.2) is 56.4 Å². The minimum atomic E-state index is -0.164. The molecule has 0 N–H and O–H groups in total. The number of benzene rings is 1. The third-order valence-corrected chi connectivity index (χ3v) is 6.63. The lowest BCUT2D eigenvalue weighted by Crippen LogP contribution is -2.50. The lowest BCUT2D eigenvalue weighted by atomic mass is 9.74. The number of hydrogen-bond donors (Lipinski definition) is 0. The molecule has 2 aromatic heterocycles. The van der Waals surface area contributed by atoms with Gasteiger partial charge in [-0.05, 0) is 49.1 Å². The van der Waals surface area contributed by atoms with Crippen LogP contribution in [0.25, 0.3) is 5.78 Å². The summed E-state index contributed by atoms with van der Waals surface area (Å²) in [6, 6.07) is 9.98. The Morgan fingerprint density at radius 2 is 2.10 bits per heavy atom. The van der Waals surface area contributed by atoms with Crippen molar-refractivity contribution in [3.63, 3.8) is 0 Å². The summed E-state index contributed by atoms with van der Waals surface area (Å²) in [5.41, 5.74) is 3.78. The maximum atomic E-state index is 13.5. The van der Waals surface area contributed by atoms with Crippen molar-refractivity contribution in [1.29, 1.82) is 0 Å². The summed E-state index contributed by atoms with van der Waals surface area (Å²) in [5, 5.41) is 4.29. The number of aromatic nitrogens is 4. The molecule has 5 atom stereocenters. The number of fused-ring (bicyclic) bond motifs is 1. The second-order valence-corrected chi connectivity index (χ2v) is 13.4. The third kappa shape index (κ3) is 4.45. The number of amides is 1. The molecule has 1 fully saturated rings. The summed E-state index contributed by atoms with van der Waals surface area (Å²) in [6.07, 6.45) is 2.47. The molecule has 1 aromatic carbocycles. The number of rotatable bonds is 3. The molecule has 0 bridgehead atoms. The summed E-state index contributed by atoms with van der Waals surface area (Å²) in [6.45, 7) is 5.40. The minimum Gasteiger partial charge on any atom is -0.338 e. The van der Waals surface area contributed by atoms with Gasteiger partial charge in [0.25, 0.3) is 11.7 Å². The zero-order chi connectivity index (χ0) is 21.7. The van der Waals surface area contributed by atoms with E-state index >= 15 is 0 Å². The van der Waals surface area contributed by atoms with Gasteiger partial charge in [-0.3, -0.25) is 4.79 Å². The van der Waals surface area contributed by atoms with E-state index < -0.39 is 0 Å². The van der Waals surface area contributed by atoms with E-state index in [1.807, 2.05) is 30.0 Å². The number of carbonyl (C=O) groups excluding carboxylic acids is 1. The van der Waals surface area contributed by atoms with Gasteiger partial charge in [-0.1, -0.05) is 12.1 Å². The fourth-order valence-electron chi connectivity index (χ4n) is 4.23. The van der Waals surface area contributed by atoms with Gasteiger partial charge in [0.05, 0.1) is 5.69 Å². The molecule has 1 saturated heterocycles. The van der Waals surface area contributed by atoms with Gasteiger partial charge in [-0.15, -0.1) is 27.7 Å². The SMILES string of the molecule is BC1(P)CC(c2cc(C)nc3ncnn23)CN(C(=O)c2cccc(C(C)(P)P)c2)C1. The number of aryl methyl sites for hydroxylation is 1. The Hall–Kier alpha value is -1.41. The van der Waals surface area contributed by atoms with E-state index in [9.17, 15) is 4.79 Å². The first-order valence-electron chi connectivity index (χ1n) is 9.97. The molecule has 10 heteroatoms. The number of nitrogens with zero attached hydrogens (tertiary/aromatic N) is 5. The van der Waals surface area contributed by atoms with Crippen molar-refractivity contribution in [2.45, 2.75) is 36.1 Å². The molecule has 6 nitrogen and oxygen atoms in total. The summed E-state index contributed by atoms with van der Waals surface area (Å²) < 4.78 is 1.81. The van der Waals surface area contributed by atoms with Crippen LogP contribution in [0.1, 0.15) is 46.6 Å². The van der Waals surface area contributed by atoms with Crippen LogP contribution in [0.5, 0.6) is 0 Å². The minimum absolute atomic E-state index is 0.0649. The highest BCUT2D eigenvalue weighted by Gasteiger charge is 2.37. The Balaban J connectivity index is 1.68. The van der Waals surface area contributed by atoms with Crippen molar-refractivity contribution in [1.82, 2.24) is 24.5 Å². The van der Waals surface area contributed by atoms with Crippen molar-refractivity contribution >= 4 is 47.3 Å². The van der Waals surface area contributed by atoms with Crippen molar-refractivity contribution in [2.75, 3.05) is 13.1 Å². The number of piperidine rings is 1. The molecule has 0 spiro atoms. The second-order valence-electron chi connectivity index (χ2n) is 8.90. The third-order valence-electron chi connectivity index (χ3n) is 5.55. The van der Waals surface area contributed by atoms with Crippen molar-refractivity contribution < 1.29 is 4.79 Å². The van der Waals surface area contributed by atoms with Gasteiger partial charge in [0.2, 0.25) is 0 Å². The molecule has 1 aliphatic rings. The van der Waals surface area contributed by atoms with Gasteiger partial charge in [-0.25, -0.2) is 9.50 Å². The van der Waals surface area contributed by atoms with Crippen LogP contribution in [-0.2, 0) is 4.90 Å². The Labute approximate surface area is 185 Å². The van der Waals surface area contributed by atoms with E-state index in [1.165, 1.54) is 6.33 Å². The van der Waals surface area contributed by atoms with Gasteiger partial charge >= 0.3 is 0 Å². The standard InChI is InChI=1S/C20H27BN5OP3/c1-12-6-16(26-18(24-12)22-11-23-26)14-8-20(21,30)10-25(9-14)17(27)13-4-3-5-15(7-13)19(2,28)29/h3-7,11,14H,8-10,21,28-30H2,1-2H3. The zero-order valence-corrected chi connectivity index (χ0v) is 21.0. The summed E-state index contributed by atoms with van der Waals surface area (Å²) in [7, 11) is 10.8. The van der Waals surface area contributed by atoms with Crippen LogP contribution in [0, 0.1) is 6.92 Å². The van der Waals surface area contributed by atoms with E-state index in [2.05, 4.69) is 69.7 Å². The number of carbonyl (C=O) groups is 1. The first kappa shape index (κ1) is 21.8. The van der Waals surface area contributed by atoms with Crippen LogP contribution in [0.4, 0.5) is 0 Å². The Morgan fingerprint density at radius 1 is 1.33 bits per heavy atom. The van der Waals surface area contributed by atoms with Crippen molar-refractivity contribution in [3.8, 4) is 0 Å². The molecule has 30 heavy (non-hydrogen) atoms. The van der Waals surface area contributed by atoms with Gasteiger partial charge in [0.15, 0.2) is 0 Å². The number of likely N-dealkylation sites (tertiary alicyclic amines) is 1. The normalized spacial score (nSPS) is 22.4. The molecule has 5 unspecified atom stereocenters. The van der Waals surface area contributed by atoms with Crippen LogP contribution in [0.3, 0.4) is 0 Å². The first-order chi connectivity index (χ1) is 14.0. The van der Waals surface area contributed by atoms with E-state index in [1.54, 1.807) is 4.52 Å². The number of hydrogen-bond acceptors (Lipinski definition) is 4. The average molecular weight is 457 g/mol. The average Bonchev–Trinajstić information content (AvgIpc) is 3.13. The lowest BCUT2D eigenvalue weighted by molar-refractivity contribution is 0.0698. The smallest absolute Gasteiger partial charge is 0.253 e. The van der Waals surface area contributed by atoms with E-state index in [4.69, 9.17) is 0 Å². The van der Waals surface area contributed by atoms with Crippen molar-refractivity contribution in [2.24, 2.45) is 0 Å². The molecular weight excluding hydrogens is 430 g/mol. The lowest BCUT2D eigenvalue weighted by Gasteiger charge is -2.42. The highest BCUT2D eigenvalue weighted by Crippen LogP contribution is 2.39. The quantitative estimate of drug-likeness (QED) is 0.447. The summed E-state index contributed by atoms with van der Waals surface area (Å²) >= 11 is 0. The molecule has 0 aliphatic carbocycles. The first-order valence-corrected chi connectivity index (χ1v) is 11.7. The van der Waals surface area contributed by atoms with Crippen LogP contribution < -0.4 is 0 Å². The Bertz CT molecular complexity index is 1110. The molecule has 0 radical (unpaired) electrons. The topological polar surface area (TPSA) is 63.4 Å². The highest BCUT2D eigenvalue weighted by molar-refractivity contribution is 7.38. The molecule has 3 aromatic rings. The Kier molecular flexibility index (Phi) is 5.77. The highest BCUT2D eigenvalue weighted by atomic mass is 31.1. The second kappa shape index (κ2) is 7.94. The van der Waals surface area contributed by atoms with E-state index in [0.717, 1.165) is 28.9 Å². The largest absolute Gasteiger partial charge is 0.338 e. The predicted octanol–water partition coefficient (Wildman–Crippen LogP) is 2.19. The molecule has 4 rings (SSSR count). The summed E-state index contributed by atoms with van der Waals surface area (Å²) in [5.74, 6) is 0.815. The molecule has 3 heterocycles. The van der Waals surface area contributed by atoms with Gasteiger partial charge in [0.1, 0.15) is 14.2 Å². The maximum Gasteiger partial charge on any atom is 0.253 e. The fraction of sp³-hybridized carbons (Fsp3) is 0.400. The molecule has 0 saturated carbocycles. The fourth-order valence-corrected chi connectivity index (χ4v) is 5.10. The van der Waals surface area contributed by atoms with Gasteiger partial charge < -0.3 is 4.90 Å². The van der Waals surface area contributed by atoms with Crippen LogP contribution >= 0.6 is 27.7 Å². The van der Waals surface area contributed by atoms with Gasteiger partial charge in [0, 0.05) is 35.2 Å². The Morgan fingerprint density at radius 3 is 2.83 bits per heavy atom. The zero-order valence-electron chi connectivity index (χ0n) is 17.5. The van der Waals surface area contributed by atoms with Crippen LogP contribution in [0.2, 0.25) is 0 Å². The maximum absolute atomic E-state index is 13.5. The van der Waals surface area contributed by atoms with Crippen LogP contribution in [0.15, 0.2) is 36.7 Å². The molecular formula is C20H27BN5OP3. The summed E-state index contributed by atoms with van der Waals surface area (Å²) in [4.78, 5) is 24.0.